The van der Waals surface area contributed by atoms with E-state index in [0.717, 1.165) is 5.56 Å². The van der Waals surface area contributed by atoms with E-state index in [-0.39, 0.29) is 11.7 Å². The summed E-state index contributed by atoms with van der Waals surface area (Å²) in [4.78, 5) is 12.3. The number of nitrogens with one attached hydrogen (secondary N) is 1. The molecule has 0 aromatic heterocycles. The molecule has 0 saturated heterocycles. The zero-order chi connectivity index (χ0) is 16.1. The average Bonchev–Trinajstić information content (AvgIpc) is 2.50. The van der Waals surface area contributed by atoms with Crippen molar-refractivity contribution in [2.45, 2.75) is 26.4 Å². The van der Waals surface area contributed by atoms with Gasteiger partial charge < -0.3 is 10.1 Å². The lowest BCUT2D eigenvalue weighted by molar-refractivity contribution is -0.122. The lowest BCUT2D eigenvalue weighted by atomic mass is 10.2. The predicted octanol–water partition coefficient (Wildman–Crippen LogP) is 4.58. The van der Waals surface area contributed by atoms with E-state index in [1.54, 1.807) is 31.2 Å². The molecule has 2 aromatic rings. The number of benzene rings is 2. The van der Waals surface area contributed by atoms with Gasteiger partial charge in [-0.1, -0.05) is 36.7 Å². The van der Waals surface area contributed by atoms with E-state index < -0.39 is 11.9 Å². The molecule has 0 saturated carbocycles. The Morgan fingerprint density at radius 1 is 1.32 bits per heavy atom. The van der Waals surface area contributed by atoms with Gasteiger partial charge in [-0.15, -0.1) is 0 Å². The SMILES string of the molecule is CC[C@@H](Oc1ccccc1F)C(=O)Nc1cc(Cl)ccc1C. The third-order valence-corrected chi connectivity index (χ3v) is 3.46. The van der Waals surface area contributed by atoms with E-state index in [2.05, 4.69) is 5.32 Å². The molecule has 1 atom stereocenters. The summed E-state index contributed by atoms with van der Waals surface area (Å²) in [7, 11) is 0. The highest BCUT2D eigenvalue weighted by molar-refractivity contribution is 6.31. The van der Waals surface area contributed by atoms with Crippen LogP contribution in [0.5, 0.6) is 5.75 Å². The quantitative estimate of drug-likeness (QED) is 0.875. The van der Waals surface area contributed by atoms with Crippen molar-refractivity contribution < 1.29 is 13.9 Å². The van der Waals surface area contributed by atoms with Gasteiger partial charge in [0.15, 0.2) is 17.7 Å². The van der Waals surface area contributed by atoms with Crippen LogP contribution in [-0.2, 0) is 4.79 Å². The summed E-state index contributed by atoms with van der Waals surface area (Å²) < 4.78 is 19.1. The largest absolute Gasteiger partial charge is 0.478 e. The van der Waals surface area contributed by atoms with Crippen molar-refractivity contribution >= 4 is 23.2 Å². The molecule has 0 radical (unpaired) electrons. The number of carbonyl (C=O) groups excluding carboxylic acids is 1. The van der Waals surface area contributed by atoms with Gasteiger partial charge in [0.25, 0.3) is 5.91 Å². The topological polar surface area (TPSA) is 38.3 Å². The molecule has 0 unspecified atom stereocenters. The smallest absolute Gasteiger partial charge is 0.265 e. The first kappa shape index (κ1) is 16.3. The van der Waals surface area contributed by atoms with Crippen molar-refractivity contribution in [3.05, 3.63) is 58.9 Å². The van der Waals surface area contributed by atoms with Crippen LogP contribution in [0.4, 0.5) is 10.1 Å². The molecule has 0 spiro atoms. The zero-order valence-electron chi connectivity index (χ0n) is 12.4. The Hall–Kier alpha value is -2.07. The molecule has 3 nitrogen and oxygen atoms in total. The Labute approximate surface area is 134 Å². The maximum absolute atomic E-state index is 13.6. The summed E-state index contributed by atoms with van der Waals surface area (Å²) in [6.45, 7) is 3.67. The molecule has 5 heteroatoms. The Balaban J connectivity index is 2.12. The van der Waals surface area contributed by atoms with Crippen LogP contribution in [0.25, 0.3) is 0 Å². The van der Waals surface area contributed by atoms with Crippen molar-refractivity contribution in [1.82, 2.24) is 0 Å². The Kier molecular flexibility index (Phi) is 5.39. The van der Waals surface area contributed by atoms with Gasteiger partial charge in [-0.3, -0.25) is 4.79 Å². The lowest BCUT2D eigenvalue weighted by Crippen LogP contribution is -2.32. The highest BCUT2D eigenvalue weighted by Gasteiger charge is 2.20. The standard InChI is InChI=1S/C17H17ClFNO2/c1-3-15(22-16-7-5-4-6-13(16)19)17(21)20-14-10-12(18)9-8-11(14)2/h4-10,15H,3H2,1-2H3,(H,20,21)/t15-/m1/s1. The van der Waals surface area contributed by atoms with Crippen LogP contribution in [0.1, 0.15) is 18.9 Å². The fourth-order valence-corrected chi connectivity index (χ4v) is 2.13. The van der Waals surface area contributed by atoms with Crippen LogP contribution in [0.15, 0.2) is 42.5 Å². The van der Waals surface area contributed by atoms with Crippen LogP contribution in [-0.4, -0.2) is 12.0 Å². The van der Waals surface area contributed by atoms with Crippen LogP contribution < -0.4 is 10.1 Å². The van der Waals surface area contributed by atoms with E-state index in [0.29, 0.717) is 17.1 Å². The van der Waals surface area contributed by atoms with Crippen molar-refractivity contribution in [1.29, 1.82) is 0 Å². The van der Waals surface area contributed by atoms with Gasteiger partial charge in [0.1, 0.15) is 0 Å². The van der Waals surface area contributed by atoms with E-state index in [4.69, 9.17) is 16.3 Å². The number of ether oxygens (including phenoxy) is 1. The number of hydrogen-bond acceptors (Lipinski definition) is 2. The third-order valence-electron chi connectivity index (χ3n) is 3.23. The highest BCUT2D eigenvalue weighted by atomic mass is 35.5. The average molecular weight is 322 g/mol. The number of halogens is 2. The minimum Gasteiger partial charge on any atom is -0.478 e. The van der Waals surface area contributed by atoms with Gasteiger partial charge in [-0.2, -0.15) is 0 Å². The fraction of sp³-hybridized carbons (Fsp3) is 0.235. The summed E-state index contributed by atoms with van der Waals surface area (Å²) in [5.74, 6) is -0.767. The Bertz CT molecular complexity index is 675. The highest BCUT2D eigenvalue weighted by Crippen LogP contribution is 2.22. The monoisotopic (exact) mass is 321 g/mol. The molecule has 0 fully saturated rings. The number of aryl methyl sites for hydroxylation is 1. The maximum Gasteiger partial charge on any atom is 0.265 e. The lowest BCUT2D eigenvalue weighted by Gasteiger charge is -2.18. The van der Waals surface area contributed by atoms with E-state index >= 15 is 0 Å². The number of carbonyl (C=O) groups is 1. The van der Waals surface area contributed by atoms with Gasteiger partial charge in [0.05, 0.1) is 0 Å². The first-order valence-corrected chi connectivity index (χ1v) is 7.37. The maximum atomic E-state index is 13.6. The Morgan fingerprint density at radius 3 is 2.73 bits per heavy atom. The molecule has 116 valence electrons. The molecule has 1 amide bonds. The molecular weight excluding hydrogens is 305 g/mol. The number of hydrogen-bond donors (Lipinski definition) is 1. The molecule has 2 aromatic carbocycles. The van der Waals surface area contributed by atoms with Crippen LogP contribution in [0.3, 0.4) is 0 Å². The second-order valence-electron chi connectivity index (χ2n) is 4.89. The van der Waals surface area contributed by atoms with Crippen molar-refractivity contribution in [3.8, 4) is 5.75 Å². The summed E-state index contributed by atoms with van der Waals surface area (Å²) >= 11 is 5.93. The molecule has 1 N–H and O–H groups in total. The minimum absolute atomic E-state index is 0.0623. The van der Waals surface area contributed by atoms with Crippen LogP contribution in [0, 0.1) is 12.7 Å². The third kappa shape index (κ3) is 3.98. The summed E-state index contributed by atoms with van der Waals surface area (Å²) in [6.07, 6.45) is -0.366. The molecular formula is C17H17ClFNO2. The molecule has 2 rings (SSSR count). The van der Waals surface area contributed by atoms with Gasteiger partial charge in [-0.05, 0) is 43.2 Å². The molecule has 0 heterocycles. The Morgan fingerprint density at radius 2 is 2.05 bits per heavy atom. The molecule has 0 aliphatic rings. The minimum atomic E-state index is -0.782. The zero-order valence-corrected chi connectivity index (χ0v) is 13.2. The number of rotatable bonds is 5. The van der Waals surface area contributed by atoms with Crippen LogP contribution >= 0.6 is 11.6 Å². The molecule has 22 heavy (non-hydrogen) atoms. The molecule has 0 bridgehead atoms. The second-order valence-corrected chi connectivity index (χ2v) is 5.33. The van der Waals surface area contributed by atoms with Crippen molar-refractivity contribution in [3.63, 3.8) is 0 Å². The summed E-state index contributed by atoms with van der Waals surface area (Å²) in [6, 6.07) is 11.3. The van der Waals surface area contributed by atoms with Crippen molar-refractivity contribution in [2.75, 3.05) is 5.32 Å². The van der Waals surface area contributed by atoms with Gasteiger partial charge in [0.2, 0.25) is 0 Å². The second kappa shape index (κ2) is 7.27. The number of amides is 1. The molecule has 0 aliphatic carbocycles. The van der Waals surface area contributed by atoms with Crippen molar-refractivity contribution in [2.24, 2.45) is 0 Å². The van der Waals surface area contributed by atoms with E-state index in [9.17, 15) is 9.18 Å². The predicted molar refractivity (Wildman–Crippen MR) is 85.9 cm³/mol. The molecule has 0 aliphatic heterocycles. The van der Waals surface area contributed by atoms with Gasteiger partial charge in [0, 0.05) is 10.7 Å². The summed E-state index contributed by atoms with van der Waals surface area (Å²) in [5, 5.41) is 3.30. The normalized spacial score (nSPS) is 11.8. The first-order valence-electron chi connectivity index (χ1n) is 6.99. The van der Waals surface area contributed by atoms with Gasteiger partial charge in [-0.25, -0.2) is 4.39 Å². The fourth-order valence-electron chi connectivity index (χ4n) is 1.96. The number of para-hydroxylation sites is 1. The summed E-state index contributed by atoms with van der Waals surface area (Å²) in [5.41, 5.74) is 1.51. The van der Waals surface area contributed by atoms with E-state index in [1.807, 2.05) is 13.0 Å². The van der Waals surface area contributed by atoms with Gasteiger partial charge >= 0.3 is 0 Å². The van der Waals surface area contributed by atoms with E-state index in [1.165, 1.54) is 12.1 Å². The van der Waals surface area contributed by atoms with Crippen LogP contribution in [0.2, 0.25) is 5.02 Å². The first-order chi connectivity index (χ1) is 10.5. The number of anilines is 1.